The molecular formula is C12H14ClFO2. The Hall–Kier alpha value is -1.09. The van der Waals surface area contributed by atoms with Crippen LogP contribution in [-0.4, -0.2) is 18.8 Å². The lowest BCUT2D eigenvalue weighted by Crippen LogP contribution is -2.26. The summed E-state index contributed by atoms with van der Waals surface area (Å²) in [6, 6.07) is 3.85. The van der Waals surface area contributed by atoms with E-state index in [1.165, 1.54) is 25.3 Å². The van der Waals surface area contributed by atoms with E-state index in [-0.39, 0.29) is 17.4 Å². The molecule has 16 heavy (non-hydrogen) atoms. The summed E-state index contributed by atoms with van der Waals surface area (Å²) in [4.78, 5) is 12.1. The number of ketones is 1. The molecule has 88 valence electrons. The van der Waals surface area contributed by atoms with Crippen LogP contribution in [0, 0.1) is 11.2 Å². The van der Waals surface area contributed by atoms with Crippen molar-refractivity contribution in [2.75, 3.05) is 13.0 Å². The van der Waals surface area contributed by atoms with Crippen molar-refractivity contribution in [2.24, 2.45) is 5.41 Å². The van der Waals surface area contributed by atoms with Gasteiger partial charge in [-0.1, -0.05) is 13.8 Å². The molecule has 0 N–H and O–H groups in total. The van der Waals surface area contributed by atoms with Crippen molar-refractivity contribution in [2.45, 2.75) is 13.8 Å². The molecule has 0 saturated heterocycles. The Morgan fingerprint density at radius 1 is 1.50 bits per heavy atom. The quantitative estimate of drug-likeness (QED) is 0.600. The third kappa shape index (κ3) is 2.53. The maximum Gasteiger partial charge on any atom is 0.173 e. The van der Waals surface area contributed by atoms with Crippen molar-refractivity contribution in [3.63, 3.8) is 0 Å². The van der Waals surface area contributed by atoms with Gasteiger partial charge in [0.1, 0.15) is 11.6 Å². The summed E-state index contributed by atoms with van der Waals surface area (Å²) in [5.41, 5.74) is -0.332. The fourth-order valence-electron chi connectivity index (χ4n) is 1.28. The van der Waals surface area contributed by atoms with Crippen LogP contribution in [0.25, 0.3) is 0 Å². The van der Waals surface area contributed by atoms with Crippen LogP contribution in [0.3, 0.4) is 0 Å². The summed E-state index contributed by atoms with van der Waals surface area (Å²) in [5, 5.41) is 0. The predicted molar refractivity (Wildman–Crippen MR) is 61.8 cm³/mol. The van der Waals surface area contributed by atoms with Crippen LogP contribution in [0.5, 0.6) is 5.75 Å². The second-order valence-electron chi connectivity index (χ2n) is 4.19. The standard InChI is InChI=1S/C12H14ClFO2/c1-12(2,7-13)11(15)9-5-4-8(14)6-10(9)16-3/h4-6H,7H2,1-3H3. The maximum atomic E-state index is 13.0. The van der Waals surface area contributed by atoms with Crippen LogP contribution < -0.4 is 4.74 Å². The zero-order valence-electron chi connectivity index (χ0n) is 9.51. The number of hydrogen-bond donors (Lipinski definition) is 0. The summed E-state index contributed by atoms with van der Waals surface area (Å²) >= 11 is 5.73. The van der Waals surface area contributed by atoms with E-state index in [9.17, 15) is 9.18 Å². The average Bonchev–Trinajstić information content (AvgIpc) is 2.27. The van der Waals surface area contributed by atoms with E-state index < -0.39 is 11.2 Å². The van der Waals surface area contributed by atoms with Crippen LogP contribution in [-0.2, 0) is 0 Å². The van der Waals surface area contributed by atoms with Crippen LogP contribution in [0.1, 0.15) is 24.2 Å². The summed E-state index contributed by atoms with van der Waals surface area (Å²) in [7, 11) is 1.40. The van der Waals surface area contributed by atoms with Crippen LogP contribution in [0.4, 0.5) is 4.39 Å². The lowest BCUT2D eigenvalue weighted by atomic mass is 9.86. The van der Waals surface area contributed by atoms with Crippen LogP contribution in [0.2, 0.25) is 0 Å². The number of carbonyl (C=O) groups excluding carboxylic acids is 1. The minimum absolute atomic E-state index is 0.153. The van der Waals surface area contributed by atoms with E-state index in [1.54, 1.807) is 13.8 Å². The Morgan fingerprint density at radius 3 is 2.62 bits per heavy atom. The zero-order valence-corrected chi connectivity index (χ0v) is 10.3. The molecule has 4 heteroatoms. The highest BCUT2D eigenvalue weighted by Gasteiger charge is 2.29. The first-order chi connectivity index (χ1) is 7.42. The summed E-state index contributed by atoms with van der Waals surface area (Å²) in [5.74, 6) is -0.147. The first-order valence-electron chi connectivity index (χ1n) is 4.86. The van der Waals surface area contributed by atoms with Gasteiger partial charge in [0, 0.05) is 17.4 Å². The van der Waals surface area contributed by atoms with E-state index in [0.29, 0.717) is 5.56 Å². The Kier molecular flexibility index (Phi) is 3.92. The predicted octanol–water partition coefficient (Wildman–Crippen LogP) is 3.28. The minimum atomic E-state index is -0.688. The number of Topliss-reactive ketones (excluding diaryl/α,β-unsaturated/α-hetero) is 1. The Morgan fingerprint density at radius 2 is 2.12 bits per heavy atom. The van der Waals surface area contributed by atoms with Gasteiger partial charge in [-0.05, 0) is 12.1 Å². The lowest BCUT2D eigenvalue weighted by molar-refractivity contribution is 0.0858. The fraction of sp³-hybridized carbons (Fsp3) is 0.417. The third-order valence-corrected chi connectivity index (χ3v) is 3.03. The highest BCUT2D eigenvalue weighted by atomic mass is 35.5. The summed E-state index contributed by atoms with van der Waals surface area (Å²) < 4.78 is 17.9. The highest BCUT2D eigenvalue weighted by molar-refractivity contribution is 6.21. The Labute approximate surface area is 99.4 Å². The van der Waals surface area contributed by atoms with Crippen molar-refractivity contribution in [3.05, 3.63) is 29.6 Å². The van der Waals surface area contributed by atoms with Gasteiger partial charge in [-0.2, -0.15) is 0 Å². The molecule has 1 rings (SSSR count). The molecular weight excluding hydrogens is 231 g/mol. The van der Waals surface area contributed by atoms with E-state index in [2.05, 4.69) is 0 Å². The molecule has 0 radical (unpaired) electrons. The molecule has 0 unspecified atom stereocenters. The van der Waals surface area contributed by atoms with E-state index in [1.807, 2.05) is 0 Å². The molecule has 0 saturated carbocycles. The molecule has 2 nitrogen and oxygen atoms in total. The smallest absolute Gasteiger partial charge is 0.173 e. The number of carbonyl (C=O) groups is 1. The number of rotatable bonds is 4. The van der Waals surface area contributed by atoms with Gasteiger partial charge < -0.3 is 4.74 Å². The van der Waals surface area contributed by atoms with Crippen molar-refractivity contribution in [1.82, 2.24) is 0 Å². The minimum Gasteiger partial charge on any atom is -0.496 e. The monoisotopic (exact) mass is 244 g/mol. The normalized spacial score (nSPS) is 11.3. The molecule has 0 spiro atoms. The maximum absolute atomic E-state index is 13.0. The van der Waals surface area contributed by atoms with Gasteiger partial charge in [-0.25, -0.2) is 4.39 Å². The summed E-state index contributed by atoms with van der Waals surface area (Å²) in [6.45, 7) is 3.48. The molecule has 0 fully saturated rings. The number of hydrogen-bond acceptors (Lipinski definition) is 2. The van der Waals surface area contributed by atoms with E-state index >= 15 is 0 Å². The molecule has 1 aromatic rings. The Bertz CT molecular complexity index is 402. The second kappa shape index (κ2) is 4.83. The molecule has 0 bridgehead atoms. The van der Waals surface area contributed by atoms with Crippen LogP contribution in [0.15, 0.2) is 18.2 Å². The average molecular weight is 245 g/mol. The number of methoxy groups -OCH3 is 1. The highest BCUT2D eigenvalue weighted by Crippen LogP contribution is 2.29. The molecule has 0 aliphatic rings. The SMILES string of the molecule is COc1cc(F)ccc1C(=O)C(C)(C)CCl. The van der Waals surface area contributed by atoms with Gasteiger partial charge in [-0.3, -0.25) is 4.79 Å². The Balaban J connectivity index is 3.18. The van der Waals surface area contributed by atoms with Crippen molar-refractivity contribution in [3.8, 4) is 5.75 Å². The largest absolute Gasteiger partial charge is 0.496 e. The fourth-order valence-corrected chi connectivity index (χ4v) is 1.40. The van der Waals surface area contributed by atoms with Crippen molar-refractivity contribution < 1.29 is 13.9 Å². The molecule has 0 heterocycles. The molecule has 0 aromatic heterocycles. The van der Waals surface area contributed by atoms with E-state index in [0.717, 1.165) is 0 Å². The van der Waals surface area contributed by atoms with Gasteiger partial charge in [0.15, 0.2) is 5.78 Å². The molecule has 0 amide bonds. The topological polar surface area (TPSA) is 26.3 Å². The van der Waals surface area contributed by atoms with Crippen molar-refractivity contribution in [1.29, 1.82) is 0 Å². The lowest BCUT2D eigenvalue weighted by Gasteiger charge is -2.20. The van der Waals surface area contributed by atoms with Crippen molar-refractivity contribution >= 4 is 17.4 Å². The molecule has 1 aromatic carbocycles. The van der Waals surface area contributed by atoms with E-state index in [4.69, 9.17) is 16.3 Å². The number of ether oxygens (including phenoxy) is 1. The van der Waals surface area contributed by atoms with Gasteiger partial charge in [-0.15, -0.1) is 11.6 Å². The third-order valence-electron chi connectivity index (χ3n) is 2.36. The van der Waals surface area contributed by atoms with Gasteiger partial charge >= 0.3 is 0 Å². The first-order valence-corrected chi connectivity index (χ1v) is 5.40. The number of halogens is 2. The molecule has 0 aliphatic heterocycles. The van der Waals surface area contributed by atoms with Crippen LogP contribution >= 0.6 is 11.6 Å². The second-order valence-corrected chi connectivity index (χ2v) is 4.46. The summed E-state index contributed by atoms with van der Waals surface area (Å²) in [6.07, 6.45) is 0. The number of benzene rings is 1. The zero-order chi connectivity index (χ0) is 12.3. The van der Waals surface area contributed by atoms with Gasteiger partial charge in [0.2, 0.25) is 0 Å². The molecule has 0 aliphatic carbocycles. The first kappa shape index (κ1) is 13.0. The van der Waals surface area contributed by atoms with Gasteiger partial charge in [0.05, 0.1) is 12.7 Å². The number of alkyl halides is 1. The molecule has 0 atom stereocenters. The van der Waals surface area contributed by atoms with Gasteiger partial charge in [0.25, 0.3) is 0 Å².